The molecule has 13 nitrogen and oxygen atoms in total. The number of para-hydroxylation sites is 1. The van der Waals surface area contributed by atoms with Gasteiger partial charge in [0.05, 0.1) is 17.1 Å². The van der Waals surface area contributed by atoms with Crippen molar-refractivity contribution in [1.82, 2.24) is 34.1 Å². The molecular weight excluding hydrogens is 705 g/mol. The minimum atomic E-state index is -4.64. The topological polar surface area (TPSA) is 145 Å². The Bertz CT molecular complexity index is 2310. The van der Waals surface area contributed by atoms with Gasteiger partial charge in [-0.25, -0.2) is 9.78 Å². The summed E-state index contributed by atoms with van der Waals surface area (Å²) in [7, 11) is 1.67. The van der Waals surface area contributed by atoms with E-state index in [9.17, 15) is 32.3 Å². The molecule has 0 spiro atoms. The number of imidazole rings is 1. The summed E-state index contributed by atoms with van der Waals surface area (Å²) >= 11 is 0. The van der Waals surface area contributed by atoms with Crippen molar-refractivity contribution in [2.45, 2.75) is 81.8 Å². The van der Waals surface area contributed by atoms with E-state index in [1.165, 1.54) is 15.2 Å². The number of carbonyl (C=O) groups excluding carboxylic acids is 3. The van der Waals surface area contributed by atoms with Crippen molar-refractivity contribution >= 4 is 45.3 Å². The van der Waals surface area contributed by atoms with Gasteiger partial charge in [-0.15, -0.1) is 0 Å². The van der Waals surface area contributed by atoms with E-state index in [0.29, 0.717) is 28.5 Å². The molecular formula is C38H39F3N8O5. The van der Waals surface area contributed by atoms with Crippen molar-refractivity contribution in [3.63, 3.8) is 0 Å². The minimum absolute atomic E-state index is 0.0234. The zero-order valence-corrected chi connectivity index (χ0v) is 29.5. The van der Waals surface area contributed by atoms with Gasteiger partial charge in [-0.2, -0.15) is 18.3 Å². The maximum absolute atomic E-state index is 13.3. The van der Waals surface area contributed by atoms with Gasteiger partial charge in [0.15, 0.2) is 0 Å². The summed E-state index contributed by atoms with van der Waals surface area (Å²) in [6, 6.07) is 13.9. The van der Waals surface area contributed by atoms with Gasteiger partial charge in [0.1, 0.15) is 34.8 Å². The Morgan fingerprint density at radius 2 is 1.67 bits per heavy atom. The number of nitrogens with zero attached hydrogens (tertiary/aromatic N) is 6. The second-order valence-corrected chi connectivity index (χ2v) is 14.4. The molecule has 1 aliphatic carbocycles. The predicted molar refractivity (Wildman–Crippen MR) is 192 cm³/mol. The second kappa shape index (κ2) is 14.0. The number of piperidine rings is 2. The minimum Gasteiger partial charge on any atom is -0.488 e. The van der Waals surface area contributed by atoms with Crippen molar-refractivity contribution in [3.8, 4) is 5.75 Å². The predicted octanol–water partition coefficient (Wildman–Crippen LogP) is 5.36. The maximum atomic E-state index is 13.3. The van der Waals surface area contributed by atoms with Crippen LogP contribution in [0.3, 0.4) is 0 Å². The van der Waals surface area contributed by atoms with E-state index in [-0.39, 0.29) is 42.3 Å². The number of nitrogens with one attached hydrogen (secondary N) is 2. The highest BCUT2D eigenvalue weighted by molar-refractivity contribution is 6.04. The van der Waals surface area contributed by atoms with E-state index in [0.717, 1.165) is 74.7 Å². The zero-order chi connectivity index (χ0) is 37.7. The average molecular weight is 745 g/mol. The van der Waals surface area contributed by atoms with Crippen LogP contribution in [0.4, 0.5) is 18.9 Å². The van der Waals surface area contributed by atoms with Gasteiger partial charge in [-0.3, -0.25) is 33.5 Å². The first-order valence-electron chi connectivity index (χ1n) is 18.2. The molecule has 2 N–H and O–H groups in total. The number of carbonyl (C=O) groups is 3. The molecule has 2 aromatic carbocycles. The van der Waals surface area contributed by atoms with Crippen LogP contribution in [0.1, 0.15) is 79.6 Å². The number of halogens is 3. The third-order valence-corrected chi connectivity index (χ3v) is 11.0. The van der Waals surface area contributed by atoms with Crippen LogP contribution in [0.5, 0.6) is 5.75 Å². The number of fused-ring (bicyclic) bond motifs is 2. The van der Waals surface area contributed by atoms with Crippen molar-refractivity contribution in [3.05, 3.63) is 82.7 Å². The Kier molecular flexibility index (Phi) is 9.24. The Labute approximate surface area is 307 Å². The Morgan fingerprint density at radius 1 is 0.926 bits per heavy atom. The quantitative estimate of drug-likeness (QED) is 0.212. The van der Waals surface area contributed by atoms with Crippen LogP contribution in [-0.2, 0) is 22.8 Å². The van der Waals surface area contributed by atoms with Gasteiger partial charge in [-0.1, -0.05) is 12.1 Å². The largest absolute Gasteiger partial charge is 0.488 e. The number of rotatable bonds is 7. The Hall–Kier alpha value is -5.51. The maximum Gasteiger partial charge on any atom is 0.433 e. The summed E-state index contributed by atoms with van der Waals surface area (Å²) < 4.78 is 50.7. The van der Waals surface area contributed by atoms with Gasteiger partial charge in [0.2, 0.25) is 11.8 Å². The number of amides is 3. The molecule has 282 valence electrons. The van der Waals surface area contributed by atoms with E-state index in [4.69, 9.17) is 9.84 Å². The molecule has 5 heterocycles. The van der Waals surface area contributed by atoms with Crippen LogP contribution in [-0.4, -0.2) is 71.8 Å². The molecule has 0 bridgehead atoms. The fraction of sp³-hybridized carbons (Fsp3) is 0.421. The van der Waals surface area contributed by atoms with E-state index in [2.05, 4.69) is 20.5 Å². The SMILES string of the molecule is Cn1c(=O)n(C2CCC(=O)NC2=O)c2cccc(OC3CCN([C@H]4CC[C@H](n5cc6cc(NC(=O)c7cccc(C(F)(F)F)n7)ccc6n5)CC4)CC3)c21. The van der Waals surface area contributed by atoms with Crippen LogP contribution >= 0.6 is 0 Å². The van der Waals surface area contributed by atoms with Crippen LogP contribution < -0.4 is 21.1 Å². The molecule has 1 saturated carbocycles. The van der Waals surface area contributed by atoms with Crippen molar-refractivity contribution in [2.24, 2.45) is 7.05 Å². The number of anilines is 1. The molecule has 0 radical (unpaired) electrons. The standard InChI is InChI=1S/C38H39F3N8O5/c1-46-34-29(49(37(46)53)30-14-15-33(50)44-36(30)52)5-3-6-31(34)54-26-16-18-47(19-17-26)24-9-11-25(12-10-24)48-21-22-20-23(8-13-27(22)45-48)42-35(51)28-4-2-7-32(43-28)38(39,40)41/h2-8,13,20-21,24-26,30H,9-12,14-19H2,1H3,(H,42,51)(H,44,50,52)/t24-,25-,30?. The number of pyridine rings is 1. The van der Waals surface area contributed by atoms with Crippen molar-refractivity contribution < 1.29 is 32.3 Å². The number of benzene rings is 2. The number of ether oxygens (including phenoxy) is 1. The lowest BCUT2D eigenvalue weighted by molar-refractivity contribution is -0.141. The van der Waals surface area contributed by atoms with Gasteiger partial charge in [0.25, 0.3) is 5.91 Å². The third kappa shape index (κ3) is 6.85. The van der Waals surface area contributed by atoms with Gasteiger partial charge in [0, 0.05) is 49.9 Å². The van der Waals surface area contributed by atoms with Crippen molar-refractivity contribution in [1.29, 1.82) is 0 Å². The fourth-order valence-electron chi connectivity index (χ4n) is 8.18. The highest BCUT2D eigenvalue weighted by Crippen LogP contribution is 2.35. The first kappa shape index (κ1) is 35.5. The van der Waals surface area contributed by atoms with Crippen LogP contribution in [0, 0.1) is 0 Å². The highest BCUT2D eigenvalue weighted by atomic mass is 19.4. The molecule has 16 heteroatoms. The average Bonchev–Trinajstić information content (AvgIpc) is 3.70. The molecule has 3 aliphatic rings. The smallest absolute Gasteiger partial charge is 0.433 e. The summed E-state index contributed by atoms with van der Waals surface area (Å²) in [5, 5.41) is 10.6. The van der Waals surface area contributed by atoms with Gasteiger partial charge >= 0.3 is 11.9 Å². The van der Waals surface area contributed by atoms with Crippen LogP contribution in [0.2, 0.25) is 0 Å². The highest BCUT2D eigenvalue weighted by Gasteiger charge is 2.35. The fourth-order valence-corrected chi connectivity index (χ4v) is 8.18. The number of likely N-dealkylation sites (tertiary alicyclic amines) is 1. The zero-order valence-electron chi connectivity index (χ0n) is 29.5. The molecule has 3 amide bonds. The summed E-state index contributed by atoms with van der Waals surface area (Å²) in [4.78, 5) is 56.3. The molecule has 2 aliphatic heterocycles. The molecule has 2 saturated heterocycles. The molecule has 1 unspecified atom stereocenters. The number of aromatic nitrogens is 5. The van der Waals surface area contributed by atoms with Gasteiger partial charge in [-0.05, 0) is 87.4 Å². The first-order valence-corrected chi connectivity index (χ1v) is 18.2. The molecule has 1 atom stereocenters. The molecule has 5 aromatic rings. The van der Waals surface area contributed by atoms with Crippen LogP contribution in [0.15, 0.2) is 65.6 Å². The van der Waals surface area contributed by atoms with E-state index < -0.39 is 29.7 Å². The molecule has 3 aromatic heterocycles. The summed E-state index contributed by atoms with van der Waals surface area (Å²) in [6.07, 6.45) is 3.37. The number of hydrogen-bond acceptors (Lipinski definition) is 8. The Balaban J connectivity index is 0.858. The molecule has 8 rings (SSSR count). The van der Waals surface area contributed by atoms with E-state index >= 15 is 0 Å². The summed E-state index contributed by atoms with van der Waals surface area (Å²) in [5.74, 6) is -0.927. The summed E-state index contributed by atoms with van der Waals surface area (Å²) in [5.41, 5.74) is 0.667. The number of alkyl halides is 3. The van der Waals surface area contributed by atoms with E-state index in [1.807, 2.05) is 23.0 Å². The number of aryl methyl sites for hydroxylation is 1. The molecule has 3 fully saturated rings. The van der Waals surface area contributed by atoms with Crippen molar-refractivity contribution in [2.75, 3.05) is 18.4 Å². The number of hydrogen-bond donors (Lipinski definition) is 2. The van der Waals surface area contributed by atoms with Crippen LogP contribution in [0.25, 0.3) is 21.9 Å². The first-order chi connectivity index (χ1) is 25.9. The monoisotopic (exact) mass is 744 g/mol. The van der Waals surface area contributed by atoms with E-state index in [1.54, 1.807) is 31.3 Å². The molecule has 54 heavy (non-hydrogen) atoms. The lowest BCUT2D eigenvalue weighted by atomic mass is 9.89. The summed E-state index contributed by atoms with van der Waals surface area (Å²) in [6.45, 7) is 1.78. The third-order valence-electron chi connectivity index (χ3n) is 11.0. The Morgan fingerprint density at radius 3 is 2.41 bits per heavy atom. The lowest BCUT2D eigenvalue weighted by Crippen LogP contribution is -2.45. The second-order valence-electron chi connectivity index (χ2n) is 14.4. The number of imide groups is 1. The lowest BCUT2D eigenvalue weighted by Gasteiger charge is -2.40. The normalized spacial score (nSPS) is 21.7. The van der Waals surface area contributed by atoms with Gasteiger partial charge < -0.3 is 15.0 Å².